The summed E-state index contributed by atoms with van der Waals surface area (Å²) in [6.45, 7) is 4.02. The van der Waals surface area contributed by atoms with Crippen molar-refractivity contribution in [3.63, 3.8) is 0 Å². The van der Waals surface area contributed by atoms with E-state index in [9.17, 15) is 4.39 Å². The van der Waals surface area contributed by atoms with Gasteiger partial charge < -0.3 is 0 Å². The van der Waals surface area contributed by atoms with Gasteiger partial charge in [-0.1, -0.05) is 31.9 Å². The molecule has 0 radical (unpaired) electrons. The van der Waals surface area contributed by atoms with Gasteiger partial charge in [0.2, 0.25) is 0 Å². The van der Waals surface area contributed by atoms with Crippen molar-refractivity contribution in [1.82, 2.24) is 5.43 Å². The normalized spacial score (nSPS) is 20.5. The number of nitrogens with one attached hydrogen (secondary N) is 1. The number of hydrogen-bond acceptors (Lipinski definition) is 2. The lowest BCUT2D eigenvalue weighted by molar-refractivity contribution is 0.224. The topological polar surface area (TPSA) is 38.0 Å². The second-order valence-corrected chi connectivity index (χ2v) is 5.47. The number of nitrogens with two attached hydrogens (primary N) is 1. The van der Waals surface area contributed by atoms with Gasteiger partial charge in [0.25, 0.3) is 0 Å². The molecule has 0 amide bonds. The Morgan fingerprint density at radius 3 is 2.53 bits per heavy atom. The lowest BCUT2D eigenvalue weighted by Gasteiger charge is -2.34. The number of halogens is 1. The van der Waals surface area contributed by atoms with Crippen LogP contribution >= 0.6 is 0 Å². The Balaban J connectivity index is 2.31. The molecule has 1 aliphatic rings. The van der Waals surface area contributed by atoms with Crippen LogP contribution in [-0.4, -0.2) is 0 Å². The molecule has 0 spiro atoms. The number of hydrazine groups is 1. The molecule has 94 valence electrons. The first-order valence-electron chi connectivity index (χ1n) is 6.29. The van der Waals surface area contributed by atoms with Gasteiger partial charge in [0.05, 0.1) is 6.04 Å². The number of rotatable bonds is 3. The second-order valence-electron chi connectivity index (χ2n) is 5.47. The maximum Gasteiger partial charge on any atom is 0.126 e. The van der Waals surface area contributed by atoms with Crippen LogP contribution < -0.4 is 11.3 Å². The van der Waals surface area contributed by atoms with Crippen LogP contribution in [0.15, 0.2) is 18.2 Å². The van der Waals surface area contributed by atoms with E-state index in [0.717, 1.165) is 18.4 Å². The van der Waals surface area contributed by atoms with Crippen LogP contribution in [-0.2, 0) is 0 Å². The van der Waals surface area contributed by atoms with E-state index in [0.29, 0.717) is 5.56 Å². The van der Waals surface area contributed by atoms with E-state index in [1.165, 1.54) is 12.8 Å². The highest BCUT2D eigenvalue weighted by Crippen LogP contribution is 2.46. The molecule has 2 rings (SSSR count). The molecule has 0 bridgehead atoms. The average Bonchev–Trinajstić information content (AvgIpc) is 2.72. The van der Waals surface area contributed by atoms with Gasteiger partial charge in [-0.15, -0.1) is 0 Å². The zero-order valence-corrected chi connectivity index (χ0v) is 10.6. The van der Waals surface area contributed by atoms with Crippen molar-refractivity contribution in [2.75, 3.05) is 0 Å². The molecule has 2 nitrogen and oxygen atoms in total. The summed E-state index contributed by atoms with van der Waals surface area (Å²) in [5.74, 6) is 5.54. The lowest BCUT2D eigenvalue weighted by Crippen LogP contribution is -2.38. The Morgan fingerprint density at radius 1 is 1.35 bits per heavy atom. The second kappa shape index (κ2) is 4.75. The quantitative estimate of drug-likeness (QED) is 0.624. The van der Waals surface area contributed by atoms with Crippen molar-refractivity contribution >= 4 is 0 Å². The fraction of sp³-hybridized carbons (Fsp3) is 0.571. The van der Waals surface area contributed by atoms with E-state index in [-0.39, 0.29) is 17.3 Å². The van der Waals surface area contributed by atoms with Gasteiger partial charge in [0.15, 0.2) is 0 Å². The molecule has 0 saturated heterocycles. The Morgan fingerprint density at radius 2 is 2.00 bits per heavy atom. The molecule has 17 heavy (non-hydrogen) atoms. The summed E-state index contributed by atoms with van der Waals surface area (Å²) < 4.78 is 13.6. The molecule has 0 aliphatic heterocycles. The van der Waals surface area contributed by atoms with E-state index < -0.39 is 0 Å². The smallest absolute Gasteiger partial charge is 0.126 e. The van der Waals surface area contributed by atoms with Crippen molar-refractivity contribution in [2.45, 2.75) is 45.6 Å². The van der Waals surface area contributed by atoms with Gasteiger partial charge in [0.1, 0.15) is 5.82 Å². The van der Waals surface area contributed by atoms with Crippen molar-refractivity contribution in [2.24, 2.45) is 11.3 Å². The zero-order valence-electron chi connectivity index (χ0n) is 10.6. The van der Waals surface area contributed by atoms with E-state index in [1.807, 2.05) is 12.1 Å². The molecule has 1 unspecified atom stereocenters. The Kier molecular flexibility index (Phi) is 3.50. The van der Waals surface area contributed by atoms with Gasteiger partial charge in [-0.3, -0.25) is 11.3 Å². The minimum atomic E-state index is -0.149. The first kappa shape index (κ1) is 12.5. The Bertz CT molecular complexity index is 397. The molecule has 1 aromatic carbocycles. The molecule has 1 atom stereocenters. The summed E-state index contributed by atoms with van der Waals surface area (Å²) in [6.07, 6.45) is 4.78. The molecule has 3 heteroatoms. The summed E-state index contributed by atoms with van der Waals surface area (Å²) >= 11 is 0. The van der Waals surface area contributed by atoms with Crippen molar-refractivity contribution in [1.29, 1.82) is 0 Å². The molecule has 1 fully saturated rings. The third-order valence-electron chi connectivity index (χ3n) is 4.14. The summed E-state index contributed by atoms with van der Waals surface area (Å²) in [5.41, 5.74) is 4.67. The van der Waals surface area contributed by atoms with Crippen molar-refractivity contribution in [3.8, 4) is 0 Å². The summed E-state index contributed by atoms with van der Waals surface area (Å²) in [5, 5.41) is 0. The highest BCUT2D eigenvalue weighted by Gasteiger charge is 2.37. The van der Waals surface area contributed by atoms with Crippen LogP contribution in [0.25, 0.3) is 0 Å². The third kappa shape index (κ3) is 2.35. The molecule has 1 aromatic rings. The maximum absolute atomic E-state index is 13.6. The molecule has 1 aliphatic carbocycles. The SMILES string of the molecule is Cc1ccc(C(NN)C2(C)CCCC2)cc1F. The minimum absolute atomic E-state index is 0.0418. The molecular formula is C14H21FN2. The Labute approximate surface area is 102 Å². The highest BCUT2D eigenvalue weighted by molar-refractivity contribution is 5.27. The molecule has 0 aromatic heterocycles. The molecule has 0 heterocycles. The highest BCUT2D eigenvalue weighted by atomic mass is 19.1. The number of hydrogen-bond donors (Lipinski definition) is 2. The van der Waals surface area contributed by atoms with Gasteiger partial charge in [0, 0.05) is 0 Å². The average molecular weight is 236 g/mol. The molecule has 1 saturated carbocycles. The van der Waals surface area contributed by atoms with Gasteiger partial charge in [-0.05, 0) is 42.4 Å². The first-order valence-corrected chi connectivity index (χ1v) is 6.29. The molecular weight excluding hydrogens is 215 g/mol. The fourth-order valence-electron chi connectivity index (χ4n) is 2.96. The summed E-state index contributed by atoms with van der Waals surface area (Å²) in [7, 11) is 0. The maximum atomic E-state index is 13.6. The van der Waals surface area contributed by atoms with Gasteiger partial charge in [-0.2, -0.15) is 0 Å². The lowest BCUT2D eigenvalue weighted by atomic mass is 9.77. The predicted molar refractivity (Wildman–Crippen MR) is 67.8 cm³/mol. The summed E-state index contributed by atoms with van der Waals surface area (Å²) in [6, 6.07) is 5.46. The van der Waals surface area contributed by atoms with Gasteiger partial charge in [-0.25, -0.2) is 4.39 Å². The predicted octanol–water partition coefficient (Wildman–Crippen LogP) is 3.22. The van der Waals surface area contributed by atoms with E-state index >= 15 is 0 Å². The monoisotopic (exact) mass is 236 g/mol. The van der Waals surface area contributed by atoms with E-state index in [4.69, 9.17) is 5.84 Å². The van der Waals surface area contributed by atoms with Crippen molar-refractivity contribution in [3.05, 3.63) is 35.1 Å². The molecule has 3 N–H and O–H groups in total. The zero-order chi connectivity index (χ0) is 12.5. The van der Waals surface area contributed by atoms with Crippen LogP contribution in [0.1, 0.15) is 49.8 Å². The number of benzene rings is 1. The van der Waals surface area contributed by atoms with Crippen LogP contribution in [0.4, 0.5) is 4.39 Å². The van der Waals surface area contributed by atoms with Crippen LogP contribution in [0, 0.1) is 18.2 Å². The Hall–Kier alpha value is -0.930. The fourth-order valence-corrected chi connectivity index (χ4v) is 2.96. The van der Waals surface area contributed by atoms with Crippen molar-refractivity contribution < 1.29 is 4.39 Å². The first-order chi connectivity index (χ1) is 8.07. The summed E-state index contributed by atoms with van der Waals surface area (Å²) in [4.78, 5) is 0. The van der Waals surface area contributed by atoms with Crippen LogP contribution in [0.5, 0.6) is 0 Å². The largest absolute Gasteiger partial charge is 0.271 e. The number of aryl methyl sites for hydroxylation is 1. The standard InChI is InChI=1S/C14H21FN2/c1-10-5-6-11(9-12(10)15)13(17-16)14(2)7-3-4-8-14/h5-6,9,13,17H,3-4,7-8,16H2,1-2H3. The van der Waals surface area contributed by atoms with Crippen LogP contribution in [0.3, 0.4) is 0 Å². The van der Waals surface area contributed by atoms with E-state index in [2.05, 4.69) is 12.3 Å². The van der Waals surface area contributed by atoms with Crippen LogP contribution in [0.2, 0.25) is 0 Å². The minimum Gasteiger partial charge on any atom is -0.271 e. The van der Waals surface area contributed by atoms with E-state index in [1.54, 1.807) is 13.0 Å². The van der Waals surface area contributed by atoms with Gasteiger partial charge >= 0.3 is 0 Å². The third-order valence-corrected chi connectivity index (χ3v) is 4.14.